The van der Waals surface area contributed by atoms with Gasteiger partial charge in [0.05, 0.1) is 48.4 Å². The summed E-state index contributed by atoms with van der Waals surface area (Å²) in [6.07, 6.45) is 8.57. The number of aromatic nitrogens is 4. The Hall–Kier alpha value is -3.86. The predicted octanol–water partition coefficient (Wildman–Crippen LogP) is 2.50. The number of anilines is 2. The van der Waals surface area contributed by atoms with Crippen molar-refractivity contribution in [3.8, 4) is 17.3 Å². The summed E-state index contributed by atoms with van der Waals surface area (Å²) >= 11 is 0. The SMILES string of the molecule is CCS(=O)(=O)N1CC(CC#N)(n2cc(-c3ccnc(Nc4ccc(C(=O)N5C6CC7CC5C(C6)O7)cc4)n3)cn2)C1. The highest BCUT2D eigenvalue weighted by molar-refractivity contribution is 7.89. The summed E-state index contributed by atoms with van der Waals surface area (Å²) in [5, 5.41) is 17.1. The molecule has 1 aromatic carbocycles. The summed E-state index contributed by atoms with van der Waals surface area (Å²) in [7, 11) is -3.33. The van der Waals surface area contributed by atoms with Crippen LogP contribution in [0.25, 0.3) is 11.3 Å². The highest BCUT2D eigenvalue weighted by Gasteiger charge is 2.55. The number of nitrogens with zero attached hydrogens (tertiary/aromatic N) is 7. The standard InChI is InChI=1S/C28H30N8O4S/c1-2-41(38,39)34-16-28(17-34,8-9-29)35-15-19(14-31-35)23-7-10-30-27(33-23)32-20-5-3-18(4-6-20)26(37)36-21-11-22-13-24(36)25(12-21)40-22/h3-7,10,14-15,21-22,24-25H,2,8,11-13,16-17H2,1H3,(H,30,32,33). The number of ether oxygens (including phenoxy) is 1. The average Bonchev–Trinajstić information content (AvgIpc) is 3.62. The zero-order valence-electron chi connectivity index (χ0n) is 22.5. The quantitative estimate of drug-likeness (QED) is 0.429. The molecule has 4 atom stereocenters. The van der Waals surface area contributed by atoms with Crippen molar-refractivity contribution in [1.82, 2.24) is 29.0 Å². The molecule has 8 rings (SSSR count). The molecule has 1 N–H and O–H groups in total. The molecule has 4 bridgehead atoms. The Balaban J connectivity index is 1.04. The van der Waals surface area contributed by atoms with Gasteiger partial charge in [0, 0.05) is 48.3 Å². The van der Waals surface area contributed by atoms with Crippen LogP contribution in [-0.2, 0) is 20.3 Å². The van der Waals surface area contributed by atoms with Gasteiger partial charge in [-0.05, 0) is 56.5 Å². The van der Waals surface area contributed by atoms with Crippen LogP contribution in [0.5, 0.6) is 0 Å². The van der Waals surface area contributed by atoms with Crippen molar-refractivity contribution < 1.29 is 17.9 Å². The van der Waals surface area contributed by atoms with Gasteiger partial charge in [-0.1, -0.05) is 0 Å². The minimum Gasteiger partial charge on any atom is -0.373 e. The summed E-state index contributed by atoms with van der Waals surface area (Å²) in [5.74, 6) is 0.464. The van der Waals surface area contributed by atoms with E-state index in [1.807, 2.05) is 29.2 Å². The number of nitriles is 1. The van der Waals surface area contributed by atoms with Gasteiger partial charge in [-0.25, -0.2) is 18.4 Å². The fourth-order valence-corrected chi connectivity index (χ4v) is 7.94. The van der Waals surface area contributed by atoms with Gasteiger partial charge in [0.2, 0.25) is 16.0 Å². The first-order chi connectivity index (χ1) is 19.8. The molecule has 5 aliphatic heterocycles. The molecule has 5 saturated heterocycles. The lowest BCUT2D eigenvalue weighted by Gasteiger charge is -2.47. The molecule has 0 aliphatic carbocycles. The molecule has 4 unspecified atom stereocenters. The summed E-state index contributed by atoms with van der Waals surface area (Å²) in [6.45, 7) is 2.03. The molecule has 12 nitrogen and oxygen atoms in total. The van der Waals surface area contributed by atoms with E-state index in [1.165, 1.54) is 4.31 Å². The van der Waals surface area contributed by atoms with Crippen LogP contribution in [0, 0.1) is 11.3 Å². The van der Waals surface area contributed by atoms with Crippen LogP contribution in [0.1, 0.15) is 43.0 Å². The number of carbonyl (C=O) groups is 1. The highest BCUT2D eigenvalue weighted by Crippen LogP contribution is 2.46. The zero-order valence-corrected chi connectivity index (χ0v) is 23.4. The van der Waals surface area contributed by atoms with E-state index >= 15 is 0 Å². The normalized spacial score (nSPS) is 26.1. The van der Waals surface area contributed by atoms with Crippen LogP contribution in [0.3, 0.4) is 0 Å². The van der Waals surface area contributed by atoms with Crippen LogP contribution >= 0.6 is 0 Å². The van der Waals surface area contributed by atoms with Crippen molar-refractivity contribution in [2.75, 3.05) is 24.2 Å². The van der Waals surface area contributed by atoms with Crippen LogP contribution < -0.4 is 5.32 Å². The van der Waals surface area contributed by atoms with Crippen molar-refractivity contribution in [2.24, 2.45) is 0 Å². The second-order valence-electron chi connectivity index (χ2n) is 11.3. The lowest BCUT2D eigenvalue weighted by atomic mass is 9.89. The van der Waals surface area contributed by atoms with Crippen molar-refractivity contribution in [3.05, 3.63) is 54.5 Å². The molecule has 212 valence electrons. The van der Waals surface area contributed by atoms with Crippen molar-refractivity contribution in [3.63, 3.8) is 0 Å². The molecule has 5 fully saturated rings. The van der Waals surface area contributed by atoms with Crippen molar-refractivity contribution in [1.29, 1.82) is 5.26 Å². The Bertz CT molecular complexity index is 1640. The van der Waals surface area contributed by atoms with Crippen LogP contribution in [0.4, 0.5) is 11.6 Å². The molecule has 2 aromatic heterocycles. The molecule has 5 aliphatic rings. The van der Waals surface area contributed by atoms with Gasteiger partial charge >= 0.3 is 0 Å². The van der Waals surface area contributed by atoms with Crippen molar-refractivity contribution >= 4 is 27.6 Å². The molecule has 0 spiro atoms. The number of piperidine rings is 1. The Kier molecular flexibility index (Phi) is 6.11. The number of amides is 1. The van der Waals surface area contributed by atoms with Gasteiger partial charge < -0.3 is 15.0 Å². The van der Waals surface area contributed by atoms with Crippen LogP contribution in [0.15, 0.2) is 48.9 Å². The molecule has 0 saturated carbocycles. The third-order valence-corrected chi connectivity index (χ3v) is 10.6. The highest BCUT2D eigenvalue weighted by atomic mass is 32.2. The minimum absolute atomic E-state index is 0.0192. The Morgan fingerprint density at radius 2 is 2.00 bits per heavy atom. The largest absolute Gasteiger partial charge is 0.373 e. The first-order valence-corrected chi connectivity index (χ1v) is 15.5. The summed E-state index contributed by atoms with van der Waals surface area (Å²) in [6, 6.07) is 11.8. The third-order valence-electron chi connectivity index (χ3n) is 8.84. The number of benzene rings is 1. The van der Waals surface area contributed by atoms with Gasteiger partial charge in [0.15, 0.2) is 0 Å². The van der Waals surface area contributed by atoms with Gasteiger partial charge in [-0.3, -0.25) is 9.48 Å². The number of nitrogens with one attached hydrogen (secondary N) is 1. The smallest absolute Gasteiger partial charge is 0.254 e. The lowest BCUT2D eigenvalue weighted by molar-refractivity contribution is 0.00402. The second kappa shape index (κ2) is 9.61. The van der Waals surface area contributed by atoms with E-state index in [0.29, 0.717) is 23.3 Å². The summed E-state index contributed by atoms with van der Waals surface area (Å²) < 4.78 is 33.6. The van der Waals surface area contributed by atoms with E-state index in [0.717, 1.165) is 30.5 Å². The maximum atomic E-state index is 13.3. The topological polar surface area (TPSA) is 146 Å². The molecular formula is C28H30N8O4S. The summed E-state index contributed by atoms with van der Waals surface area (Å²) in [5.41, 5.74) is 2.06. The van der Waals surface area contributed by atoms with Crippen molar-refractivity contribution in [2.45, 2.75) is 62.4 Å². The first kappa shape index (κ1) is 26.1. The molecule has 41 heavy (non-hydrogen) atoms. The number of carbonyl (C=O) groups excluding carboxylic acids is 1. The number of sulfonamides is 1. The van der Waals surface area contributed by atoms with E-state index in [4.69, 9.17) is 4.74 Å². The zero-order chi connectivity index (χ0) is 28.4. The van der Waals surface area contributed by atoms with Gasteiger partial charge in [0.25, 0.3) is 5.91 Å². The van der Waals surface area contributed by atoms with Gasteiger partial charge in [-0.2, -0.15) is 14.7 Å². The first-order valence-electron chi connectivity index (χ1n) is 13.9. The number of hydrogen-bond donors (Lipinski definition) is 1. The summed E-state index contributed by atoms with van der Waals surface area (Å²) in [4.78, 5) is 24.3. The Labute approximate surface area is 238 Å². The fraction of sp³-hybridized carbons (Fsp3) is 0.464. The van der Waals surface area contributed by atoms with E-state index in [1.54, 1.807) is 36.3 Å². The van der Waals surface area contributed by atoms with E-state index in [-0.39, 0.29) is 49.4 Å². The fourth-order valence-electron chi connectivity index (χ4n) is 6.70. The molecular weight excluding hydrogens is 544 g/mol. The maximum absolute atomic E-state index is 13.3. The van der Waals surface area contributed by atoms with E-state index < -0.39 is 15.6 Å². The lowest BCUT2D eigenvalue weighted by Crippen LogP contribution is -2.64. The van der Waals surface area contributed by atoms with E-state index in [9.17, 15) is 18.5 Å². The molecule has 7 heterocycles. The number of hydrogen-bond acceptors (Lipinski definition) is 9. The second-order valence-corrected chi connectivity index (χ2v) is 13.6. The predicted molar refractivity (Wildman–Crippen MR) is 148 cm³/mol. The Morgan fingerprint density at radius 3 is 2.73 bits per heavy atom. The minimum atomic E-state index is -3.33. The molecule has 13 heteroatoms. The molecule has 0 radical (unpaired) electrons. The number of rotatable bonds is 8. The average molecular weight is 575 g/mol. The molecule has 1 amide bonds. The van der Waals surface area contributed by atoms with Gasteiger partial charge in [0.1, 0.15) is 5.54 Å². The monoisotopic (exact) mass is 574 g/mol. The third kappa shape index (κ3) is 4.37. The van der Waals surface area contributed by atoms with Crippen LogP contribution in [-0.4, -0.2) is 86.4 Å². The molecule has 3 aromatic rings. The van der Waals surface area contributed by atoms with Crippen LogP contribution in [0.2, 0.25) is 0 Å². The van der Waals surface area contributed by atoms with E-state index in [2.05, 4.69) is 26.5 Å². The maximum Gasteiger partial charge on any atom is 0.254 e. The Morgan fingerprint density at radius 1 is 1.20 bits per heavy atom. The van der Waals surface area contributed by atoms with Gasteiger partial charge in [-0.15, -0.1) is 0 Å².